The third-order valence-electron chi connectivity index (χ3n) is 3.67. The average molecular weight is 269 g/mol. The number of pyridine rings is 1. The molecule has 0 saturated heterocycles. The van der Waals surface area contributed by atoms with Crippen LogP contribution in [0.15, 0.2) is 30.5 Å². The van der Waals surface area contributed by atoms with Crippen molar-refractivity contribution in [2.45, 2.75) is 33.1 Å². The molecule has 2 heterocycles. The van der Waals surface area contributed by atoms with Crippen molar-refractivity contribution < 1.29 is 9.47 Å². The van der Waals surface area contributed by atoms with E-state index in [1.165, 1.54) is 0 Å². The molecule has 104 valence electrons. The number of ether oxygens (including phenoxy) is 2. The molecule has 0 radical (unpaired) electrons. The Kier molecular flexibility index (Phi) is 2.93. The number of fused-ring (bicyclic) bond motifs is 1. The molecule has 1 aromatic carbocycles. The highest BCUT2D eigenvalue weighted by molar-refractivity contribution is 5.56. The normalized spacial score (nSPS) is 15.6. The van der Waals surface area contributed by atoms with Gasteiger partial charge in [0.15, 0.2) is 0 Å². The predicted octanol–water partition coefficient (Wildman–Crippen LogP) is 4.16. The highest BCUT2D eigenvalue weighted by Crippen LogP contribution is 2.46. The van der Waals surface area contributed by atoms with Crippen molar-refractivity contribution in [1.82, 2.24) is 4.98 Å². The standard InChI is InChI=1S/C17H19NO2/c1-11-5-8-14(18-9-11)20-13-7-6-12(2)16-15(13)17(3,4)10-19-16/h5-9H,10H2,1-4H3. The minimum atomic E-state index is -0.0403. The van der Waals surface area contributed by atoms with Crippen LogP contribution in [-0.4, -0.2) is 11.6 Å². The molecule has 0 spiro atoms. The molecule has 20 heavy (non-hydrogen) atoms. The molecule has 0 aliphatic carbocycles. The Bertz CT molecular complexity index is 645. The molecule has 0 amide bonds. The van der Waals surface area contributed by atoms with Gasteiger partial charge >= 0.3 is 0 Å². The Morgan fingerprint density at radius 1 is 1.15 bits per heavy atom. The highest BCUT2D eigenvalue weighted by atomic mass is 16.5. The summed E-state index contributed by atoms with van der Waals surface area (Å²) < 4.78 is 11.8. The Morgan fingerprint density at radius 3 is 2.65 bits per heavy atom. The van der Waals surface area contributed by atoms with Gasteiger partial charge < -0.3 is 9.47 Å². The minimum absolute atomic E-state index is 0.0403. The number of hydrogen-bond acceptors (Lipinski definition) is 3. The lowest BCUT2D eigenvalue weighted by Gasteiger charge is -2.19. The number of benzene rings is 1. The van der Waals surface area contributed by atoms with Crippen molar-refractivity contribution in [3.63, 3.8) is 0 Å². The molecule has 3 heteroatoms. The lowest BCUT2D eigenvalue weighted by atomic mass is 9.85. The van der Waals surface area contributed by atoms with Crippen LogP contribution in [0.5, 0.6) is 17.4 Å². The lowest BCUT2D eigenvalue weighted by Crippen LogP contribution is -2.19. The predicted molar refractivity (Wildman–Crippen MR) is 78.7 cm³/mol. The molecule has 2 aromatic rings. The summed E-state index contributed by atoms with van der Waals surface area (Å²) in [7, 11) is 0. The molecule has 1 aromatic heterocycles. The van der Waals surface area contributed by atoms with E-state index in [0.29, 0.717) is 12.5 Å². The van der Waals surface area contributed by atoms with Gasteiger partial charge in [-0.2, -0.15) is 0 Å². The van der Waals surface area contributed by atoms with E-state index in [0.717, 1.165) is 28.2 Å². The summed E-state index contributed by atoms with van der Waals surface area (Å²) in [6.07, 6.45) is 1.81. The topological polar surface area (TPSA) is 31.4 Å². The van der Waals surface area contributed by atoms with E-state index < -0.39 is 0 Å². The van der Waals surface area contributed by atoms with Gasteiger partial charge in [0.2, 0.25) is 5.88 Å². The molecule has 0 N–H and O–H groups in total. The van der Waals surface area contributed by atoms with Crippen LogP contribution in [-0.2, 0) is 5.41 Å². The van der Waals surface area contributed by atoms with Crippen LogP contribution in [0.2, 0.25) is 0 Å². The summed E-state index contributed by atoms with van der Waals surface area (Å²) in [5.74, 6) is 2.41. The zero-order valence-electron chi connectivity index (χ0n) is 12.4. The molecule has 3 rings (SSSR count). The minimum Gasteiger partial charge on any atom is -0.492 e. The number of rotatable bonds is 2. The Balaban J connectivity index is 2.03. The van der Waals surface area contributed by atoms with Crippen molar-refractivity contribution in [3.05, 3.63) is 47.2 Å². The van der Waals surface area contributed by atoms with Gasteiger partial charge in [-0.25, -0.2) is 4.98 Å². The second kappa shape index (κ2) is 4.51. The molecular weight excluding hydrogens is 250 g/mol. The Hall–Kier alpha value is -2.03. The van der Waals surface area contributed by atoms with E-state index in [9.17, 15) is 0 Å². The molecule has 0 unspecified atom stereocenters. The Morgan fingerprint density at radius 2 is 1.95 bits per heavy atom. The summed E-state index contributed by atoms with van der Waals surface area (Å²) in [4.78, 5) is 4.31. The maximum absolute atomic E-state index is 5.98. The number of hydrogen-bond donors (Lipinski definition) is 0. The monoisotopic (exact) mass is 269 g/mol. The fourth-order valence-electron chi connectivity index (χ4n) is 2.53. The van der Waals surface area contributed by atoms with Crippen LogP contribution < -0.4 is 9.47 Å². The maximum atomic E-state index is 5.98. The second-order valence-corrected chi connectivity index (χ2v) is 6.03. The van der Waals surface area contributed by atoms with Crippen LogP contribution in [0, 0.1) is 13.8 Å². The van der Waals surface area contributed by atoms with Crippen molar-refractivity contribution in [2.24, 2.45) is 0 Å². The number of aromatic nitrogens is 1. The maximum Gasteiger partial charge on any atom is 0.219 e. The third-order valence-corrected chi connectivity index (χ3v) is 3.67. The van der Waals surface area contributed by atoms with Crippen molar-refractivity contribution in [3.8, 4) is 17.4 Å². The van der Waals surface area contributed by atoms with Crippen LogP contribution >= 0.6 is 0 Å². The quantitative estimate of drug-likeness (QED) is 0.820. The summed E-state index contributed by atoms with van der Waals surface area (Å²) in [5.41, 5.74) is 3.37. The van der Waals surface area contributed by atoms with Crippen LogP contribution in [0.4, 0.5) is 0 Å². The van der Waals surface area contributed by atoms with E-state index in [1.807, 2.05) is 37.4 Å². The van der Waals surface area contributed by atoms with Gasteiger partial charge in [0.25, 0.3) is 0 Å². The van der Waals surface area contributed by atoms with Gasteiger partial charge in [-0.05, 0) is 31.0 Å². The average Bonchev–Trinajstić information content (AvgIpc) is 2.73. The third kappa shape index (κ3) is 2.13. The van der Waals surface area contributed by atoms with E-state index in [2.05, 4.69) is 25.8 Å². The smallest absolute Gasteiger partial charge is 0.219 e. The fourth-order valence-corrected chi connectivity index (χ4v) is 2.53. The van der Waals surface area contributed by atoms with Gasteiger partial charge in [-0.15, -0.1) is 0 Å². The first kappa shape index (κ1) is 13.0. The van der Waals surface area contributed by atoms with Gasteiger partial charge in [0.05, 0.1) is 6.61 Å². The van der Waals surface area contributed by atoms with Gasteiger partial charge in [0.1, 0.15) is 11.5 Å². The molecule has 1 aliphatic rings. The molecule has 1 aliphatic heterocycles. The molecule has 0 atom stereocenters. The number of aryl methyl sites for hydroxylation is 2. The largest absolute Gasteiger partial charge is 0.492 e. The lowest BCUT2D eigenvalue weighted by molar-refractivity contribution is 0.289. The first-order valence-electron chi connectivity index (χ1n) is 6.85. The molecule has 0 fully saturated rings. The Labute approximate surface area is 119 Å². The first-order chi connectivity index (χ1) is 9.47. The summed E-state index contributed by atoms with van der Waals surface area (Å²) >= 11 is 0. The van der Waals surface area contributed by atoms with Crippen molar-refractivity contribution in [1.29, 1.82) is 0 Å². The van der Waals surface area contributed by atoms with E-state index in [-0.39, 0.29) is 5.41 Å². The molecule has 3 nitrogen and oxygen atoms in total. The fraction of sp³-hybridized carbons (Fsp3) is 0.353. The van der Waals surface area contributed by atoms with E-state index in [4.69, 9.17) is 9.47 Å². The summed E-state index contributed by atoms with van der Waals surface area (Å²) in [5, 5.41) is 0. The number of nitrogens with zero attached hydrogens (tertiary/aromatic N) is 1. The van der Waals surface area contributed by atoms with Gasteiger partial charge in [-0.3, -0.25) is 0 Å². The van der Waals surface area contributed by atoms with E-state index in [1.54, 1.807) is 0 Å². The second-order valence-electron chi connectivity index (χ2n) is 6.03. The zero-order valence-corrected chi connectivity index (χ0v) is 12.4. The van der Waals surface area contributed by atoms with Gasteiger partial charge in [-0.1, -0.05) is 26.0 Å². The first-order valence-corrected chi connectivity index (χ1v) is 6.85. The van der Waals surface area contributed by atoms with Crippen LogP contribution in [0.1, 0.15) is 30.5 Å². The molecule has 0 saturated carbocycles. The molecule has 0 bridgehead atoms. The van der Waals surface area contributed by atoms with E-state index >= 15 is 0 Å². The molecular formula is C17H19NO2. The summed E-state index contributed by atoms with van der Waals surface area (Å²) in [6, 6.07) is 7.93. The highest BCUT2D eigenvalue weighted by Gasteiger charge is 2.36. The van der Waals surface area contributed by atoms with Crippen molar-refractivity contribution in [2.75, 3.05) is 6.61 Å². The van der Waals surface area contributed by atoms with Crippen molar-refractivity contribution >= 4 is 0 Å². The van der Waals surface area contributed by atoms with Crippen LogP contribution in [0.25, 0.3) is 0 Å². The summed E-state index contributed by atoms with van der Waals surface area (Å²) in [6.45, 7) is 9.11. The zero-order chi connectivity index (χ0) is 14.3. The SMILES string of the molecule is Cc1ccc(Oc2ccc(C)c3c2C(C)(C)CO3)nc1. The van der Waals surface area contributed by atoms with Gasteiger partial charge in [0, 0.05) is 23.2 Å². The van der Waals surface area contributed by atoms with Crippen LogP contribution in [0.3, 0.4) is 0 Å².